The number of anilines is 2. The van der Waals surface area contributed by atoms with Crippen molar-refractivity contribution in [2.24, 2.45) is 5.92 Å². The fraction of sp³-hybridized carbons (Fsp3) is 0.421. The molecule has 126 valence electrons. The van der Waals surface area contributed by atoms with Crippen molar-refractivity contribution in [2.75, 3.05) is 23.3 Å². The number of amides is 1. The van der Waals surface area contributed by atoms with Crippen molar-refractivity contribution in [2.45, 2.75) is 33.1 Å². The Labute approximate surface area is 143 Å². The van der Waals surface area contributed by atoms with E-state index in [1.807, 2.05) is 23.1 Å². The number of aromatic nitrogens is 2. The summed E-state index contributed by atoms with van der Waals surface area (Å²) in [7, 11) is 0. The fourth-order valence-electron chi connectivity index (χ4n) is 2.92. The average molecular weight is 324 g/mol. The Bertz CT molecular complexity index is 714. The van der Waals surface area contributed by atoms with E-state index in [4.69, 9.17) is 0 Å². The Morgan fingerprint density at radius 2 is 2.12 bits per heavy atom. The van der Waals surface area contributed by atoms with Crippen LogP contribution in [0.15, 0.2) is 36.5 Å². The molecule has 0 atom stereocenters. The Morgan fingerprint density at radius 1 is 1.29 bits per heavy atom. The van der Waals surface area contributed by atoms with Crippen molar-refractivity contribution in [3.05, 3.63) is 47.8 Å². The van der Waals surface area contributed by atoms with Gasteiger partial charge < -0.3 is 10.2 Å². The second kappa shape index (κ2) is 7.43. The van der Waals surface area contributed by atoms with Crippen molar-refractivity contribution in [3.63, 3.8) is 0 Å². The van der Waals surface area contributed by atoms with E-state index in [0.29, 0.717) is 17.6 Å². The highest BCUT2D eigenvalue weighted by atomic mass is 16.2. The van der Waals surface area contributed by atoms with Gasteiger partial charge in [0.15, 0.2) is 0 Å². The molecular weight excluding hydrogens is 300 g/mol. The van der Waals surface area contributed by atoms with Gasteiger partial charge in [0.05, 0.1) is 0 Å². The first kappa shape index (κ1) is 16.4. The Balaban J connectivity index is 1.76. The number of hydrogen-bond acceptors (Lipinski definition) is 4. The molecule has 0 bridgehead atoms. The summed E-state index contributed by atoms with van der Waals surface area (Å²) >= 11 is 0. The highest BCUT2D eigenvalue weighted by Gasteiger charge is 2.24. The fourth-order valence-corrected chi connectivity index (χ4v) is 2.92. The van der Waals surface area contributed by atoms with Gasteiger partial charge in [0.1, 0.15) is 5.69 Å². The van der Waals surface area contributed by atoms with Crippen molar-refractivity contribution in [3.8, 4) is 0 Å². The van der Waals surface area contributed by atoms with E-state index in [2.05, 4.69) is 35.2 Å². The molecule has 0 unspecified atom stereocenters. The molecule has 0 saturated carbocycles. The summed E-state index contributed by atoms with van der Waals surface area (Å²) in [6.45, 7) is 5.89. The standard InChI is InChI=1S/C19H24N4O/c1-14(2)9-11-20-19-21-12-10-16(22-19)18(24)23-13-5-7-15-6-3-4-8-17(15)23/h3-4,6,8,10,12,14H,5,7,9,11,13H2,1-2H3,(H,20,21,22). The number of carbonyl (C=O) groups excluding carboxylic acids is 1. The zero-order valence-electron chi connectivity index (χ0n) is 14.3. The number of aryl methyl sites for hydroxylation is 1. The van der Waals surface area contributed by atoms with Crippen LogP contribution in [0, 0.1) is 5.92 Å². The molecule has 3 rings (SSSR count). The first-order chi connectivity index (χ1) is 11.6. The summed E-state index contributed by atoms with van der Waals surface area (Å²) in [6.07, 6.45) is 4.69. The molecule has 1 aliphatic rings. The quantitative estimate of drug-likeness (QED) is 0.914. The van der Waals surface area contributed by atoms with Crippen LogP contribution in [-0.4, -0.2) is 29.0 Å². The lowest BCUT2D eigenvalue weighted by Gasteiger charge is -2.29. The largest absolute Gasteiger partial charge is 0.354 e. The van der Waals surface area contributed by atoms with Gasteiger partial charge in [0.25, 0.3) is 5.91 Å². The predicted octanol–water partition coefficient (Wildman–Crippen LogP) is 3.53. The van der Waals surface area contributed by atoms with Gasteiger partial charge in [0, 0.05) is 25.0 Å². The number of nitrogens with one attached hydrogen (secondary N) is 1. The van der Waals surface area contributed by atoms with Gasteiger partial charge in [-0.2, -0.15) is 0 Å². The van der Waals surface area contributed by atoms with Crippen molar-refractivity contribution in [1.82, 2.24) is 9.97 Å². The Hall–Kier alpha value is -2.43. The molecule has 2 heterocycles. The van der Waals surface area contributed by atoms with Crippen LogP contribution >= 0.6 is 0 Å². The van der Waals surface area contributed by atoms with E-state index in [0.717, 1.165) is 38.0 Å². The zero-order valence-corrected chi connectivity index (χ0v) is 14.3. The van der Waals surface area contributed by atoms with Crippen LogP contribution in [0.1, 0.15) is 42.7 Å². The second-order valence-electron chi connectivity index (χ2n) is 6.56. The number of nitrogens with zero attached hydrogens (tertiary/aromatic N) is 3. The van der Waals surface area contributed by atoms with Crippen LogP contribution in [0.2, 0.25) is 0 Å². The van der Waals surface area contributed by atoms with E-state index in [9.17, 15) is 4.79 Å². The second-order valence-corrected chi connectivity index (χ2v) is 6.56. The number of para-hydroxylation sites is 1. The summed E-state index contributed by atoms with van der Waals surface area (Å²) in [5.41, 5.74) is 2.66. The third-order valence-corrected chi connectivity index (χ3v) is 4.23. The van der Waals surface area contributed by atoms with Crippen molar-refractivity contribution in [1.29, 1.82) is 0 Å². The van der Waals surface area contributed by atoms with Gasteiger partial charge in [-0.1, -0.05) is 32.0 Å². The predicted molar refractivity (Wildman–Crippen MR) is 96.4 cm³/mol. The van der Waals surface area contributed by atoms with Crippen LogP contribution in [0.25, 0.3) is 0 Å². The van der Waals surface area contributed by atoms with E-state index in [1.165, 1.54) is 5.56 Å². The van der Waals surface area contributed by atoms with E-state index in [1.54, 1.807) is 12.3 Å². The highest BCUT2D eigenvalue weighted by molar-refractivity contribution is 6.05. The van der Waals surface area contributed by atoms with Crippen LogP contribution in [0.3, 0.4) is 0 Å². The average Bonchev–Trinajstić information content (AvgIpc) is 2.60. The summed E-state index contributed by atoms with van der Waals surface area (Å²) in [5, 5.41) is 3.20. The number of benzene rings is 1. The van der Waals surface area contributed by atoms with Crippen LogP contribution in [-0.2, 0) is 6.42 Å². The van der Waals surface area contributed by atoms with Crippen LogP contribution in [0.4, 0.5) is 11.6 Å². The molecule has 0 saturated heterocycles. The lowest BCUT2D eigenvalue weighted by atomic mass is 10.0. The molecule has 2 aromatic rings. The maximum absolute atomic E-state index is 12.9. The van der Waals surface area contributed by atoms with Gasteiger partial charge >= 0.3 is 0 Å². The maximum Gasteiger partial charge on any atom is 0.277 e. The minimum atomic E-state index is -0.0588. The van der Waals surface area contributed by atoms with E-state index < -0.39 is 0 Å². The number of hydrogen-bond donors (Lipinski definition) is 1. The Kier molecular flexibility index (Phi) is 5.08. The maximum atomic E-state index is 12.9. The topological polar surface area (TPSA) is 58.1 Å². The molecule has 1 aromatic carbocycles. The summed E-state index contributed by atoms with van der Waals surface area (Å²) in [6, 6.07) is 9.79. The molecule has 0 spiro atoms. The van der Waals surface area contributed by atoms with E-state index in [-0.39, 0.29) is 5.91 Å². The van der Waals surface area contributed by atoms with E-state index >= 15 is 0 Å². The molecule has 1 aromatic heterocycles. The number of carbonyl (C=O) groups is 1. The molecule has 0 fully saturated rings. The van der Waals surface area contributed by atoms with Crippen LogP contribution < -0.4 is 10.2 Å². The van der Waals surface area contributed by atoms with Gasteiger partial charge in [-0.25, -0.2) is 9.97 Å². The normalized spacial score (nSPS) is 13.7. The van der Waals surface area contributed by atoms with Crippen molar-refractivity contribution >= 4 is 17.5 Å². The molecule has 5 heteroatoms. The smallest absolute Gasteiger partial charge is 0.277 e. The first-order valence-electron chi connectivity index (χ1n) is 8.62. The minimum Gasteiger partial charge on any atom is -0.354 e. The third-order valence-electron chi connectivity index (χ3n) is 4.23. The Morgan fingerprint density at radius 3 is 2.96 bits per heavy atom. The lowest BCUT2D eigenvalue weighted by Crippen LogP contribution is -2.36. The summed E-state index contributed by atoms with van der Waals surface area (Å²) < 4.78 is 0. The van der Waals surface area contributed by atoms with Gasteiger partial charge in [-0.05, 0) is 42.9 Å². The SMILES string of the molecule is CC(C)CCNc1nccc(C(=O)N2CCCc3ccccc32)n1. The number of rotatable bonds is 5. The molecule has 1 amide bonds. The van der Waals surface area contributed by atoms with Crippen molar-refractivity contribution < 1.29 is 4.79 Å². The number of fused-ring (bicyclic) bond motifs is 1. The monoisotopic (exact) mass is 324 g/mol. The zero-order chi connectivity index (χ0) is 16.9. The minimum absolute atomic E-state index is 0.0588. The van der Waals surface area contributed by atoms with Gasteiger partial charge in [0.2, 0.25) is 5.95 Å². The molecule has 5 nitrogen and oxygen atoms in total. The molecule has 1 N–H and O–H groups in total. The van der Waals surface area contributed by atoms with Gasteiger partial charge in [-0.3, -0.25) is 4.79 Å². The lowest BCUT2D eigenvalue weighted by molar-refractivity contribution is 0.0980. The molecule has 0 radical (unpaired) electrons. The first-order valence-corrected chi connectivity index (χ1v) is 8.62. The molecule has 1 aliphatic heterocycles. The molecule has 24 heavy (non-hydrogen) atoms. The summed E-state index contributed by atoms with van der Waals surface area (Å²) in [4.78, 5) is 23.4. The molecular formula is C19H24N4O. The van der Waals surface area contributed by atoms with Crippen LogP contribution in [0.5, 0.6) is 0 Å². The highest BCUT2D eigenvalue weighted by Crippen LogP contribution is 2.27. The molecule has 0 aliphatic carbocycles. The summed E-state index contributed by atoms with van der Waals surface area (Å²) in [5.74, 6) is 1.08. The third kappa shape index (κ3) is 3.72. The van der Waals surface area contributed by atoms with Gasteiger partial charge in [-0.15, -0.1) is 0 Å².